The van der Waals surface area contributed by atoms with Gasteiger partial charge < -0.3 is 10.4 Å². The first-order valence-electron chi connectivity index (χ1n) is 6.65. The van der Waals surface area contributed by atoms with Crippen LogP contribution in [0.1, 0.15) is 60.3 Å². The quantitative estimate of drug-likeness (QED) is 0.777. The van der Waals surface area contributed by atoms with Gasteiger partial charge in [0.15, 0.2) is 0 Å². The first kappa shape index (κ1) is 14.0. The topological polar surface area (TPSA) is 32.3 Å². The van der Waals surface area contributed by atoms with Crippen molar-refractivity contribution in [2.75, 3.05) is 6.54 Å². The molecule has 0 bridgehead atoms. The SMILES string of the molecule is CC(C)(C)C(O)CNC1CCCCC1(C)C. The Kier molecular flexibility index (Phi) is 4.42. The van der Waals surface area contributed by atoms with Gasteiger partial charge in [0.1, 0.15) is 0 Å². The number of nitrogens with one attached hydrogen (secondary N) is 1. The van der Waals surface area contributed by atoms with Crippen molar-refractivity contribution in [1.29, 1.82) is 0 Å². The van der Waals surface area contributed by atoms with E-state index in [4.69, 9.17) is 0 Å². The molecule has 2 N–H and O–H groups in total. The molecule has 1 rings (SSSR count). The molecule has 0 radical (unpaired) electrons. The third-order valence-electron chi connectivity index (χ3n) is 4.06. The summed E-state index contributed by atoms with van der Waals surface area (Å²) in [6, 6.07) is 0.568. The van der Waals surface area contributed by atoms with Crippen LogP contribution in [0.2, 0.25) is 0 Å². The molecule has 1 aliphatic carbocycles. The molecule has 16 heavy (non-hydrogen) atoms. The molecule has 2 atom stereocenters. The number of hydrogen-bond donors (Lipinski definition) is 2. The van der Waals surface area contributed by atoms with Crippen molar-refractivity contribution in [2.24, 2.45) is 10.8 Å². The van der Waals surface area contributed by atoms with Gasteiger partial charge in [-0.05, 0) is 23.7 Å². The lowest BCUT2D eigenvalue weighted by molar-refractivity contribution is 0.0503. The lowest BCUT2D eigenvalue weighted by Crippen LogP contribution is -2.48. The maximum atomic E-state index is 10.0. The van der Waals surface area contributed by atoms with Crippen LogP contribution in [0, 0.1) is 10.8 Å². The molecule has 1 saturated carbocycles. The minimum Gasteiger partial charge on any atom is -0.391 e. The van der Waals surface area contributed by atoms with Crippen LogP contribution in [0.15, 0.2) is 0 Å². The van der Waals surface area contributed by atoms with Crippen molar-refractivity contribution in [3.8, 4) is 0 Å². The average Bonchev–Trinajstić information content (AvgIpc) is 2.13. The number of aliphatic hydroxyl groups excluding tert-OH is 1. The molecule has 0 heterocycles. The fourth-order valence-corrected chi connectivity index (χ4v) is 2.43. The summed E-state index contributed by atoms with van der Waals surface area (Å²) in [5.41, 5.74) is 0.363. The highest BCUT2D eigenvalue weighted by Gasteiger charge is 2.33. The zero-order valence-corrected chi connectivity index (χ0v) is 11.6. The minimum absolute atomic E-state index is 0.0220. The summed E-state index contributed by atoms with van der Waals surface area (Å²) in [6.45, 7) is 11.7. The van der Waals surface area contributed by atoms with E-state index in [2.05, 4.69) is 39.9 Å². The normalized spacial score (nSPS) is 27.8. The molecule has 2 unspecified atom stereocenters. The molecular formula is C14H29NO. The van der Waals surface area contributed by atoms with Crippen LogP contribution in [0.3, 0.4) is 0 Å². The zero-order chi connectivity index (χ0) is 12.4. The Morgan fingerprint density at radius 2 is 1.94 bits per heavy atom. The fourth-order valence-electron chi connectivity index (χ4n) is 2.43. The molecule has 0 aromatic carbocycles. The summed E-state index contributed by atoms with van der Waals surface area (Å²) in [5.74, 6) is 0. The molecule has 0 aliphatic heterocycles. The van der Waals surface area contributed by atoms with Gasteiger partial charge in [-0.15, -0.1) is 0 Å². The number of rotatable bonds is 3. The molecule has 0 spiro atoms. The number of hydrogen-bond acceptors (Lipinski definition) is 2. The first-order chi connectivity index (χ1) is 7.23. The van der Waals surface area contributed by atoms with Gasteiger partial charge in [-0.1, -0.05) is 47.5 Å². The van der Waals surface area contributed by atoms with E-state index in [0.29, 0.717) is 11.5 Å². The van der Waals surface area contributed by atoms with Crippen molar-refractivity contribution in [2.45, 2.75) is 72.4 Å². The molecule has 0 amide bonds. The molecule has 96 valence electrons. The summed E-state index contributed by atoms with van der Waals surface area (Å²) in [7, 11) is 0. The third-order valence-corrected chi connectivity index (χ3v) is 4.06. The van der Waals surface area contributed by atoms with Crippen molar-refractivity contribution in [3.63, 3.8) is 0 Å². The Balaban J connectivity index is 2.42. The summed E-state index contributed by atoms with van der Waals surface area (Å²) in [5, 5.41) is 13.6. The van der Waals surface area contributed by atoms with Crippen molar-refractivity contribution in [1.82, 2.24) is 5.32 Å². The van der Waals surface area contributed by atoms with E-state index in [-0.39, 0.29) is 11.5 Å². The van der Waals surface area contributed by atoms with Gasteiger partial charge >= 0.3 is 0 Å². The van der Waals surface area contributed by atoms with Gasteiger partial charge in [0.25, 0.3) is 0 Å². The van der Waals surface area contributed by atoms with E-state index in [1.165, 1.54) is 25.7 Å². The average molecular weight is 227 g/mol. The van der Waals surface area contributed by atoms with E-state index < -0.39 is 0 Å². The summed E-state index contributed by atoms with van der Waals surface area (Å²) < 4.78 is 0. The predicted octanol–water partition coefficient (Wildman–Crippen LogP) is 2.95. The van der Waals surface area contributed by atoms with Crippen LogP contribution in [-0.4, -0.2) is 23.8 Å². The van der Waals surface area contributed by atoms with Gasteiger partial charge in [0.05, 0.1) is 6.10 Å². The summed E-state index contributed by atoms with van der Waals surface area (Å²) in [4.78, 5) is 0. The molecular weight excluding hydrogens is 198 g/mol. The predicted molar refractivity (Wildman–Crippen MR) is 69.5 cm³/mol. The van der Waals surface area contributed by atoms with Crippen LogP contribution in [0.4, 0.5) is 0 Å². The van der Waals surface area contributed by atoms with Gasteiger partial charge in [-0.25, -0.2) is 0 Å². The van der Waals surface area contributed by atoms with Crippen molar-refractivity contribution < 1.29 is 5.11 Å². The van der Waals surface area contributed by atoms with Crippen molar-refractivity contribution in [3.05, 3.63) is 0 Å². The zero-order valence-electron chi connectivity index (χ0n) is 11.6. The van der Waals surface area contributed by atoms with Crippen LogP contribution in [0.5, 0.6) is 0 Å². The molecule has 2 nitrogen and oxygen atoms in total. The Morgan fingerprint density at radius 1 is 1.31 bits per heavy atom. The molecule has 2 heteroatoms. The monoisotopic (exact) mass is 227 g/mol. The van der Waals surface area contributed by atoms with Crippen molar-refractivity contribution >= 4 is 0 Å². The second kappa shape index (κ2) is 5.05. The fraction of sp³-hybridized carbons (Fsp3) is 1.00. The Bertz CT molecular complexity index is 217. The highest BCUT2D eigenvalue weighted by molar-refractivity contribution is 4.89. The molecule has 0 aromatic rings. The summed E-state index contributed by atoms with van der Waals surface area (Å²) >= 11 is 0. The highest BCUT2D eigenvalue weighted by atomic mass is 16.3. The van der Waals surface area contributed by atoms with E-state index in [9.17, 15) is 5.11 Å². The maximum Gasteiger partial charge on any atom is 0.0712 e. The molecule has 0 saturated heterocycles. The van der Waals surface area contributed by atoms with Gasteiger partial charge in [-0.3, -0.25) is 0 Å². The first-order valence-corrected chi connectivity index (χ1v) is 6.65. The minimum atomic E-state index is -0.259. The van der Waals surface area contributed by atoms with Crippen LogP contribution < -0.4 is 5.32 Å². The lowest BCUT2D eigenvalue weighted by Gasteiger charge is -2.40. The second-order valence-corrected chi connectivity index (χ2v) is 7.08. The standard InChI is InChI=1S/C14H29NO/c1-13(2,3)12(16)10-15-11-8-6-7-9-14(11,4)5/h11-12,15-16H,6-10H2,1-5H3. The third kappa shape index (κ3) is 3.74. The van der Waals surface area contributed by atoms with Gasteiger partial charge in [-0.2, -0.15) is 0 Å². The van der Waals surface area contributed by atoms with Crippen LogP contribution in [-0.2, 0) is 0 Å². The maximum absolute atomic E-state index is 10.0. The Hall–Kier alpha value is -0.0800. The summed E-state index contributed by atoms with van der Waals surface area (Å²) in [6.07, 6.45) is 4.98. The Labute approximate surface area is 101 Å². The van der Waals surface area contributed by atoms with E-state index >= 15 is 0 Å². The largest absolute Gasteiger partial charge is 0.391 e. The van der Waals surface area contributed by atoms with Crippen LogP contribution >= 0.6 is 0 Å². The van der Waals surface area contributed by atoms with E-state index in [0.717, 1.165) is 6.54 Å². The second-order valence-electron chi connectivity index (χ2n) is 7.08. The lowest BCUT2D eigenvalue weighted by atomic mass is 9.73. The van der Waals surface area contributed by atoms with E-state index in [1.807, 2.05) is 0 Å². The highest BCUT2D eigenvalue weighted by Crippen LogP contribution is 2.35. The smallest absolute Gasteiger partial charge is 0.0712 e. The molecule has 1 fully saturated rings. The Morgan fingerprint density at radius 3 is 2.44 bits per heavy atom. The van der Waals surface area contributed by atoms with Gasteiger partial charge in [0, 0.05) is 12.6 Å². The van der Waals surface area contributed by atoms with Crippen LogP contribution in [0.25, 0.3) is 0 Å². The van der Waals surface area contributed by atoms with Gasteiger partial charge in [0.2, 0.25) is 0 Å². The van der Waals surface area contributed by atoms with E-state index in [1.54, 1.807) is 0 Å². The molecule has 0 aromatic heterocycles. The number of aliphatic hydroxyl groups is 1. The molecule has 1 aliphatic rings.